The van der Waals surface area contributed by atoms with Crippen LogP contribution in [-0.4, -0.2) is 32.6 Å². The molecular weight excluding hydrogens is 200 g/mol. The van der Waals surface area contributed by atoms with Gasteiger partial charge in [0.05, 0.1) is 13.7 Å². The molecule has 86 valence electrons. The van der Waals surface area contributed by atoms with Crippen LogP contribution in [0.15, 0.2) is 18.2 Å². The second-order valence-electron chi connectivity index (χ2n) is 3.77. The smallest absolute Gasteiger partial charge is 0.123 e. The predicted octanol–water partition coefficient (Wildman–Crippen LogP) is 1.07. The van der Waals surface area contributed by atoms with Crippen LogP contribution >= 0.6 is 0 Å². The van der Waals surface area contributed by atoms with Gasteiger partial charge in [-0.15, -0.1) is 0 Å². The van der Waals surface area contributed by atoms with Crippen molar-refractivity contribution in [1.29, 1.82) is 0 Å². The van der Waals surface area contributed by atoms with E-state index in [1.165, 1.54) is 0 Å². The minimum atomic E-state index is 0.384. The molecule has 3 heteroatoms. The first-order valence-electron chi connectivity index (χ1n) is 5.18. The molecule has 3 nitrogen and oxygen atoms in total. The molecule has 1 aromatic rings. The second-order valence-corrected chi connectivity index (χ2v) is 3.77. The van der Waals surface area contributed by atoms with Crippen molar-refractivity contribution in [2.24, 2.45) is 5.73 Å². The third-order valence-electron chi connectivity index (χ3n) is 2.10. The number of nitrogens with zero attached hydrogens (tertiary/aromatic N) is 1. The van der Waals surface area contributed by atoms with Crippen LogP contribution in [0.25, 0.3) is 0 Å². The SMILES string of the molecule is COc1ccc(C#CCN)cc1CN(C)C. The van der Waals surface area contributed by atoms with Crippen molar-refractivity contribution in [3.05, 3.63) is 29.3 Å². The predicted molar refractivity (Wildman–Crippen MR) is 66.3 cm³/mol. The van der Waals surface area contributed by atoms with Gasteiger partial charge in [0.1, 0.15) is 5.75 Å². The zero-order valence-corrected chi connectivity index (χ0v) is 10.1. The van der Waals surface area contributed by atoms with Crippen molar-refractivity contribution in [2.45, 2.75) is 6.54 Å². The molecule has 0 aromatic heterocycles. The highest BCUT2D eigenvalue weighted by molar-refractivity contribution is 5.44. The molecule has 0 unspecified atom stereocenters. The maximum absolute atomic E-state index is 5.34. The minimum Gasteiger partial charge on any atom is -0.496 e. The molecule has 0 spiro atoms. The van der Waals surface area contributed by atoms with Crippen molar-refractivity contribution in [1.82, 2.24) is 4.90 Å². The van der Waals surface area contributed by atoms with Gasteiger partial charge in [-0.25, -0.2) is 0 Å². The monoisotopic (exact) mass is 218 g/mol. The lowest BCUT2D eigenvalue weighted by atomic mass is 10.1. The van der Waals surface area contributed by atoms with Crippen LogP contribution in [0.5, 0.6) is 5.75 Å². The molecule has 16 heavy (non-hydrogen) atoms. The molecule has 1 rings (SSSR count). The molecule has 1 aromatic carbocycles. The molecule has 0 aliphatic carbocycles. The lowest BCUT2D eigenvalue weighted by Crippen LogP contribution is -2.11. The largest absolute Gasteiger partial charge is 0.496 e. The number of hydrogen-bond acceptors (Lipinski definition) is 3. The average molecular weight is 218 g/mol. The fourth-order valence-corrected chi connectivity index (χ4v) is 1.47. The van der Waals surface area contributed by atoms with Crippen LogP contribution in [0.3, 0.4) is 0 Å². The van der Waals surface area contributed by atoms with Gasteiger partial charge in [0, 0.05) is 17.7 Å². The fraction of sp³-hybridized carbons (Fsp3) is 0.385. The number of nitrogens with two attached hydrogens (primary N) is 1. The van der Waals surface area contributed by atoms with E-state index in [1.54, 1.807) is 7.11 Å². The molecule has 0 aliphatic heterocycles. The van der Waals surface area contributed by atoms with E-state index in [4.69, 9.17) is 10.5 Å². The van der Waals surface area contributed by atoms with Crippen LogP contribution in [0.2, 0.25) is 0 Å². The number of hydrogen-bond donors (Lipinski definition) is 1. The van der Waals surface area contributed by atoms with Gasteiger partial charge < -0.3 is 15.4 Å². The number of methoxy groups -OCH3 is 1. The van der Waals surface area contributed by atoms with E-state index in [1.807, 2.05) is 32.3 Å². The Morgan fingerprint density at radius 1 is 1.38 bits per heavy atom. The van der Waals surface area contributed by atoms with E-state index < -0.39 is 0 Å². The van der Waals surface area contributed by atoms with Crippen molar-refractivity contribution in [3.63, 3.8) is 0 Å². The molecule has 0 atom stereocenters. The highest BCUT2D eigenvalue weighted by Gasteiger charge is 2.04. The highest BCUT2D eigenvalue weighted by Crippen LogP contribution is 2.20. The first kappa shape index (κ1) is 12.6. The first-order chi connectivity index (χ1) is 7.67. The van der Waals surface area contributed by atoms with E-state index >= 15 is 0 Å². The van der Waals surface area contributed by atoms with Crippen LogP contribution < -0.4 is 10.5 Å². The first-order valence-corrected chi connectivity index (χ1v) is 5.18. The average Bonchev–Trinajstić information content (AvgIpc) is 2.26. The van der Waals surface area contributed by atoms with Gasteiger partial charge in [0.25, 0.3) is 0 Å². The highest BCUT2D eigenvalue weighted by atomic mass is 16.5. The summed E-state index contributed by atoms with van der Waals surface area (Å²) in [5.41, 5.74) is 7.46. The number of ether oxygens (including phenoxy) is 1. The second kappa shape index (κ2) is 6.16. The summed E-state index contributed by atoms with van der Waals surface area (Å²) in [5, 5.41) is 0. The topological polar surface area (TPSA) is 38.5 Å². The van der Waals surface area contributed by atoms with Gasteiger partial charge in [-0.05, 0) is 32.3 Å². The maximum atomic E-state index is 5.34. The van der Waals surface area contributed by atoms with Crippen LogP contribution in [-0.2, 0) is 6.54 Å². The van der Waals surface area contributed by atoms with Crippen molar-refractivity contribution < 1.29 is 4.74 Å². The Labute approximate surface area is 97.2 Å². The van der Waals surface area contributed by atoms with Crippen molar-refractivity contribution in [2.75, 3.05) is 27.7 Å². The lowest BCUT2D eigenvalue weighted by molar-refractivity contribution is 0.372. The summed E-state index contributed by atoms with van der Waals surface area (Å²) in [6.45, 7) is 1.22. The zero-order valence-electron chi connectivity index (χ0n) is 10.1. The van der Waals surface area contributed by atoms with Gasteiger partial charge in [-0.3, -0.25) is 0 Å². The maximum Gasteiger partial charge on any atom is 0.123 e. The summed E-state index contributed by atoms with van der Waals surface area (Å²) < 4.78 is 5.31. The normalized spacial score (nSPS) is 9.81. The van der Waals surface area contributed by atoms with Crippen LogP contribution in [0, 0.1) is 11.8 Å². The Kier molecular flexibility index (Phi) is 4.84. The lowest BCUT2D eigenvalue weighted by Gasteiger charge is -2.13. The minimum absolute atomic E-state index is 0.384. The summed E-state index contributed by atoms with van der Waals surface area (Å²) in [7, 11) is 5.73. The van der Waals surface area contributed by atoms with Gasteiger partial charge >= 0.3 is 0 Å². The number of rotatable bonds is 3. The van der Waals surface area contributed by atoms with Crippen molar-refractivity contribution in [3.8, 4) is 17.6 Å². The molecular formula is C13H18N2O. The summed E-state index contributed by atoms with van der Waals surface area (Å²) in [5.74, 6) is 6.76. The summed E-state index contributed by atoms with van der Waals surface area (Å²) >= 11 is 0. The van der Waals surface area contributed by atoms with E-state index in [-0.39, 0.29) is 0 Å². The van der Waals surface area contributed by atoms with E-state index in [0.29, 0.717) is 6.54 Å². The Hall–Kier alpha value is -1.50. The molecule has 0 bridgehead atoms. The molecule has 2 N–H and O–H groups in total. The Morgan fingerprint density at radius 3 is 2.69 bits per heavy atom. The third-order valence-corrected chi connectivity index (χ3v) is 2.10. The summed E-state index contributed by atoms with van der Waals surface area (Å²) in [4.78, 5) is 2.10. The third kappa shape index (κ3) is 3.58. The molecule has 0 heterocycles. The summed E-state index contributed by atoms with van der Waals surface area (Å²) in [6.07, 6.45) is 0. The molecule has 0 amide bonds. The van der Waals surface area contributed by atoms with E-state index in [2.05, 4.69) is 16.7 Å². The van der Waals surface area contributed by atoms with Gasteiger partial charge in [-0.2, -0.15) is 0 Å². The van der Waals surface area contributed by atoms with Crippen LogP contribution in [0.4, 0.5) is 0 Å². The molecule has 0 fully saturated rings. The molecule has 0 radical (unpaired) electrons. The van der Waals surface area contributed by atoms with Gasteiger partial charge in [0.15, 0.2) is 0 Å². The Bertz CT molecular complexity index is 402. The zero-order chi connectivity index (χ0) is 12.0. The molecule has 0 saturated carbocycles. The van der Waals surface area contributed by atoms with Gasteiger partial charge in [0.2, 0.25) is 0 Å². The fourth-order valence-electron chi connectivity index (χ4n) is 1.47. The quantitative estimate of drug-likeness (QED) is 0.771. The molecule has 0 aliphatic rings. The Morgan fingerprint density at radius 2 is 2.12 bits per heavy atom. The van der Waals surface area contributed by atoms with Crippen molar-refractivity contribution >= 4 is 0 Å². The molecule has 0 saturated heterocycles. The van der Waals surface area contributed by atoms with E-state index in [0.717, 1.165) is 23.4 Å². The van der Waals surface area contributed by atoms with Gasteiger partial charge in [-0.1, -0.05) is 11.8 Å². The van der Waals surface area contributed by atoms with Crippen LogP contribution in [0.1, 0.15) is 11.1 Å². The Balaban J connectivity index is 3.01. The summed E-state index contributed by atoms with van der Waals surface area (Å²) in [6, 6.07) is 5.93. The number of benzene rings is 1. The van der Waals surface area contributed by atoms with E-state index in [9.17, 15) is 0 Å². The standard InChI is InChI=1S/C13H18N2O/c1-15(2)10-12-9-11(5-4-8-14)6-7-13(12)16-3/h6-7,9H,8,10,14H2,1-3H3.